The molecule has 2 aromatic rings. The lowest BCUT2D eigenvalue weighted by molar-refractivity contribution is 0.560. The molecule has 0 aliphatic heterocycles. The van der Waals surface area contributed by atoms with Crippen LogP contribution in [0.25, 0.3) is 0 Å². The third-order valence-electron chi connectivity index (χ3n) is 12.8. The molecular weight excluding hydrogens is 705 g/mol. The van der Waals surface area contributed by atoms with Gasteiger partial charge >= 0.3 is 0 Å². The standard InChI is InChI=1S/C56H98S/c1-5-9-13-17-21-25-29-33-37-43-51-45-41-49-55(53(51)47-39-35-31-27-23-19-15-11-7-3)57-56-50-42-46-52(44-38-34-30-26-22-18-14-10-6-2)54(56)48-40-36-32-28-24-20-16-12-8-4/h41-42,45-46,49-50H,5-40,43-44,47-48H2,1-4H3. The maximum atomic E-state index is 2.50. The van der Waals surface area contributed by atoms with Gasteiger partial charge in [0.15, 0.2) is 0 Å². The summed E-state index contributed by atoms with van der Waals surface area (Å²) >= 11 is 2.14. The minimum absolute atomic E-state index is 1.26. The van der Waals surface area contributed by atoms with E-state index in [2.05, 4.69) is 75.9 Å². The van der Waals surface area contributed by atoms with E-state index in [-0.39, 0.29) is 0 Å². The van der Waals surface area contributed by atoms with Crippen LogP contribution in [0.1, 0.15) is 281 Å². The molecule has 57 heavy (non-hydrogen) atoms. The van der Waals surface area contributed by atoms with Crippen molar-refractivity contribution in [1.29, 1.82) is 0 Å². The third kappa shape index (κ3) is 27.3. The van der Waals surface area contributed by atoms with E-state index in [0.717, 1.165) is 0 Å². The highest BCUT2D eigenvalue weighted by atomic mass is 32.2. The molecule has 0 aliphatic rings. The van der Waals surface area contributed by atoms with Crippen molar-refractivity contribution < 1.29 is 0 Å². The van der Waals surface area contributed by atoms with Crippen LogP contribution in [-0.2, 0) is 25.7 Å². The summed E-state index contributed by atoms with van der Waals surface area (Å²) < 4.78 is 0. The fraction of sp³-hybridized carbons (Fsp3) is 0.786. The Morgan fingerprint density at radius 3 is 0.754 bits per heavy atom. The van der Waals surface area contributed by atoms with Crippen LogP contribution in [0.15, 0.2) is 46.2 Å². The first kappa shape index (κ1) is 51.9. The Balaban J connectivity index is 2.13. The molecule has 2 rings (SSSR count). The van der Waals surface area contributed by atoms with Gasteiger partial charge in [0.2, 0.25) is 0 Å². The monoisotopic (exact) mass is 803 g/mol. The topological polar surface area (TPSA) is 0 Å². The molecule has 0 saturated carbocycles. The van der Waals surface area contributed by atoms with E-state index in [0.29, 0.717) is 0 Å². The van der Waals surface area contributed by atoms with Gasteiger partial charge in [0, 0.05) is 9.79 Å². The van der Waals surface area contributed by atoms with Crippen LogP contribution in [0, 0.1) is 0 Å². The van der Waals surface area contributed by atoms with Gasteiger partial charge in [-0.3, -0.25) is 0 Å². The fourth-order valence-corrected chi connectivity index (χ4v) is 10.3. The highest BCUT2D eigenvalue weighted by Crippen LogP contribution is 2.38. The number of hydrogen-bond donors (Lipinski definition) is 0. The van der Waals surface area contributed by atoms with Crippen LogP contribution in [0.4, 0.5) is 0 Å². The van der Waals surface area contributed by atoms with Crippen molar-refractivity contribution in [1.82, 2.24) is 0 Å². The molecule has 328 valence electrons. The Hall–Kier alpha value is -1.21. The second kappa shape index (κ2) is 39.0. The first-order chi connectivity index (χ1) is 28.2. The zero-order chi connectivity index (χ0) is 40.7. The summed E-state index contributed by atoms with van der Waals surface area (Å²) in [5.41, 5.74) is 6.72. The smallest absolute Gasteiger partial charge is 0.0157 e. The summed E-state index contributed by atoms with van der Waals surface area (Å²) in [5, 5.41) is 0. The molecule has 0 saturated heterocycles. The highest BCUT2D eigenvalue weighted by molar-refractivity contribution is 7.99. The summed E-state index contributed by atoms with van der Waals surface area (Å²) in [7, 11) is 0. The van der Waals surface area contributed by atoms with Crippen molar-refractivity contribution in [3.05, 3.63) is 58.7 Å². The number of aryl methyl sites for hydroxylation is 2. The summed E-state index contributed by atoms with van der Waals surface area (Å²) in [6, 6.07) is 14.8. The number of hydrogen-bond acceptors (Lipinski definition) is 1. The number of rotatable bonds is 42. The Labute approximate surface area is 363 Å². The van der Waals surface area contributed by atoms with E-state index in [9.17, 15) is 0 Å². The van der Waals surface area contributed by atoms with E-state index >= 15 is 0 Å². The van der Waals surface area contributed by atoms with Crippen LogP contribution in [0.2, 0.25) is 0 Å². The van der Waals surface area contributed by atoms with Crippen molar-refractivity contribution in [3.63, 3.8) is 0 Å². The fourth-order valence-electron chi connectivity index (χ4n) is 9.04. The average molecular weight is 803 g/mol. The molecule has 2 aromatic carbocycles. The van der Waals surface area contributed by atoms with Gasteiger partial charge in [-0.05, 0) is 85.8 Å². The Morgan fingerprint density at radius 1 is 0.263 bits per heavy atom. The van der Waals surface area contributed by atoms with Gasteiger partial charge < -0.3 is 0 Å². The summed E-state index contributed by atoms with van der Waals surface area (Å²) in [6.07, 6.45) is 55.8. The van der Waals surface area contributed by atoms with Crippen molar-refractivity contribution >= 4 is 11.8 Å². The van der Waals surface area contributed by atoms with E-state index in [4.69, 9.17) is 0 Å². The molecule has 1 heteroatoms. The molecule has 0 unspecified atom stereocenters. The van der Waals surface area contributed by atoms with Gasteiger partial charge in [-0.15, -0.1) is 0 Å². The molecule has 0 atom stereocenters. The summed E-state index contributed by atoms with van der Waals surface area (Å²) in [4.78, 5) is 3.13. The zero-order valence-electron chi connectivity index (χ0n) is 39.2. The van der Waals surface area contributed by atoms with Crippen molar-refractivity contribution in [2.75, 3.05) is 0 Å². The average Bonchev–Trinajstić information content (AvgIpc) is 3.22. The normalized spacial score (nSPS) is 11.6. The van der Waals surface area contributed by atoms with Gasteiger partial charge in [-0.2, -0.15) is 0 Å². The largest absolute Gasteiger partial charge is 0.0895 e. The molecule has 0 radical (unpaired) electrons. The van der Waals surface area contributed by atoms with E-state index < -0.39 is 0 Å². The van der Waals surface area contributed by atoms with Crippen molar-refractivity contribution in [2.45, 2.75) is 294 Å². The van der Waals surface area contributed by atoms with Crippen LogP contribution in [0.5, 0.6) is 0 Å². The first-order valence-corrected chi connectivity index (χ1v) is 27.0. The molecule has 0 bridgehead atoms. The molecule has 0 nitrogen and oxygen atoms in total. The number of benzene rings is 2. The molecule has 0 heterocycles. The molecule has 0 aromatic heterocycles. The van der Waals surface area contributed by atoms with Gasteiger partial charge in [-0.25, -0.2) is 0 Å². The maximum absolute atomic E-state index is 2.50. The SMILES string of the molecule is CCCCCCCCCCCc1cccc(Sc2cccc(CCCCCCCCCCC)c2CCCCCCCCCCC)c1CCCCCCCCCCC. The molecular formula is C56H98S. The van der Waals surface area contributed by atoms with Crippen molar-refractivity contribution in [3.8, 4) is 0 Å². The Bertz CT molecular complexity index is 1060. The van der Waals surface area contributed by atoms with E-state index in [1.807, 2.05) is 0 Å². The highest BCUT2D eigenvalue weighted by Gasteiger charge is 2.15. The minimum Gasteiger partial charge on any atom is -0.0895 e. The van der Waals surface area contributed by atoms with Crippen LogP contribution < -0.4 is 0 Å². The molecule has 0 fully saturated rings. The lowest BCUT2D eigenvalue weighted by Gasteiger charge is -2.19. The molecule has 0 aliphatic carbocycles. The maximum Gasteiger partial charge on any atom is 0.0157 e. The second-order valence-corrected chi connectivity index (χ2v) is 19.3. The predicted octanol–water partition coefficient (Wildman–Crippen LogP) is 20.1. The van der Waals surface area contributed by atoms with Gasteiger partial charge in [0.25, 0.3) is 0 Å². The van der Waals surface area contributed by atoms with Crippen LogP contribution in [0.3, 0.4) is 0 Å². The van der Waals surface area contributed by atoms with E-state index in [1.165, 1.54) is 257 Å². The summed E-state index contributed by atoms with van der Waals surface area (Å²) in [5.74, 6) is 0. The lowest BCUT2D eigenvalue weighted by atomic mass is 9.96. The lowest BCUT2D eigenvalue weighted by Crippen LogP contribution is -2.01. The summed E-state index contributed by atoms with van der Waals surface area (Å²) in [6.45, 7) is 9.30. The Morgan fingerprint density at radius 2 is 0.491 bits per heavy atom. The first-order valence-electron chi connectivity index (χ1n) is 26.1. The van der Waals surface area contributed by atoms with E-state index in [1.54, 1.807) is 32.0 Å². The second-order valence-electron chi connectivity index (χ2n) is 18.2. The molecule has 0 spiro atoms. The minimum atomic E-state index is 1.26. The molecule has 0 N–H and O–H groups in total. The van der Waals surface area contributed by atoms with Crippen LogP contribution in [-0.4, -0.2) is 0 Å². The molecule has 0 amide bonds. The number of unbranched alkanes of at least 4 members (excludes halogenated alkanes) is 32. The van der Waals surface area contributed by atoms with Gasteiger partial charge in [0.05, 0.1) is 0 Å². The third-order valence-corrected chi connectivity index (χ3v) is 14.0. The van der Waals surface area contributed by atoms with Gasteiger partial charge in [0.1, 0.15) is 0 Å². The quantitative estimate of drug-likeness (QED) is 0.0603. The predicted molar refractivity (Wildman–Crippen MR) is 261 cm³/mol. The Kier molecular flexibility index (Phi) is 35.5. The van der Waals surface area contributed by atoms with Crippen molar-refractivity contribution in [2.24, 2.45) is 0 Å². The van der Waals surface area contributed by atoms with Crippen LogP contribution >= 0.6 is 11.8 Å². The zero-order valence-corrected chi connectivity index (χ0v) is 40.0. The van der Waals surface area contributed by atoms with Gasteiger partial charge in [-0.1, -0.05) is 269 Å².